The first-order chi connectivity index (χ1) is 8.96. The highest BCUT2D eigenvalue weighted by molar-refractivity contribution is 5.99. The molecule has 1 N–H and O–H groups in total. The monoisotopic (exact) mass is 257 g/mol. The van der Waals surface area contributed by atoms with Crippen LogP contribution in [0.15, 0.2) is 29.2 Å². The molecule has 0 spiro atoms. The molecule has 0 amide bonds. The third-order valence-electron chi connectivity index (χ3n) is 3.49. The Kier molecular flexibility index (Phi) is 2.45. The molecule has 0 saturated heterocycles. The summed E-state index contributed by atoms with van der Waals surface area (Å²) in [5, 5.41) is 6.43. The molecule has 0 fully saturated rings. The van der Waals surface area contributed by atoms with Crippen LogP contribution in [0.3, 0.4) is 0 Å². The molecule has 0 aromatic carbocycles. The maximum absolute atomic E-state index is 12.1. The SMILES string of the molecule is CC1(C)CC(=O)c2ccn(-c3ccc(=O)[nH]n3)c2C1. The first-order valence-corrected chi connectivity index (χ1v) is 6.26. The number of hydrogen-bond donors (Lipinski definition) is 1. The number of H-pyrrole nitrogens is 1. The average Bonchev–Trinajstić information content (AvgIpc) is 2.72. The summed E-state index contributed by atoms with van der Waals surface area (Å²) < 4.78 is 1.88. The molecule has 0 aliphatic heterocycles. The van der Waals surface area contributed by atoms with E-state index >= 15 is 0 Å². The second-order valence-corrected chi connectivity index (χ2v) is 5.77. The van der Waals surface area contributed by atoms with Gasteiger partial charge in [0.2, 0.25) is 0 Å². The minimum atomic E-state index is -0.235. The number of nitrogens with one attached hydrogen (secondary N) is 1. The average molecular weight is 257 g/mol. The summed E-state index contributed by atoms with van der Waals surface area (Å²) in [5.74, 6) is 0.806. The molecule has 0 saturated carbocycles. The fourth-order valence-corrected chi connectivity index (χ4v) is 2.63. The molecule has 1 aliphatic carbocycles. The van der Waals surface area contributed by atoms with Gasteiger partial charge in [-0.25, -0.2) is 5.10 Å². The zero-order valence-electron chi connectivity index (χ0n) is 10.9. The van der Waals surface area contributed by atoms with Gasteiger partial charge in [0.15, 0.2) is 11.6 Å². The van der Waals surface area contributed by atoms with Crippen molar-refractivity contribution in [2.45, 2.75) is 26.7 Å². The number of aromatic nitrogens is 3. The van der Waals surface area contributed by atoms with Crippen molar-refractivity contribution in [3.05, 3.63) is 46.0 Å². The van der Waals surface area contributed by atoms with Crippen molar-refractivity contribution >= 4 is 5.78 Å². The van der Waals surface area contributed by atoms with E-state index in [4.69, 9.17) is 0 Å². The van der Waals surface area contributed by atoms with E-state index in [0.717, 1.165) is 17.7 Å². The van der Waals surface area contributed by atoms with Crippen molar-refractivity contribution in [1.82, 2.24) is 14.8 Å². The van der Waals surface area contributed by atoms with Gasteiger partial charge in [0.1, 0.15) is 0 Å². The second kappa shape index (κ2) is 3.91. The predicted octanol–water partition coefficient (Wildman–Crippen LogP) is 1.72. The molecule has 3 rings (SSSR count). The minimum Gasteiger partial charge on any atom is -0.303 e. The molecule has 5 heteroatoms. The number of aromatic amines is 1. The van der Waals surface area contributed by atoms with Crippen molar-refractivity contribution < 1.29 is 4.79 Å². The molecule has 0 unspecified atom stereocenters. The third-order valence-corrected chi connectivity index (χ3v) is 3.49. The number of hydrogen-bond acceptors (Lipinski definition) is 3. The summed E-state index contributed by atoms with van der Waals surface area (Å²) in [6, 6.07) is 4.93. The molecule has 2 aromatic rings. The van der Waals surface area contributed by atoms with E-state index in [1.54, 1.807) is 6.07 Å². The summed E-state index contributed by atoms with van der Waals surface area (Å²) in [7, 11) is 0. The maximum Gasteiger partial charge on any atom is 0.264 e. The second-order valence-electron chi connectivity index (χ2n) is 5.77. The van der Waals surface area contributed by atoms with E-state index in [0.29, 0.717) is 12.2 Å². The highest BCUT2D eigenvalue weighted by Crippen LogP contribution is 2.35. The molecule has 0 atom stereocenters. The van der Waals surface area contributed by atoms with Gasteiger partial charge in [-0.05, 0) is 24.0 Å². The summed E-state index contributed by atoms with van der Waals surface area (Å²) in [5.41, 5.74) is 1.47. The summed E-state index contributed by atoms with van der Waals surface area (Å²) in [6.45, 7) is 4.18. The van der Waals surface area contributed by atoms with Crippen molar-refractivity contribution in [2.24, 2.45) is 5.41 Å². The lowest BCUT2D eigenvalue weighted by Crippen LogP contribution is -2.28. The Bertz CT molecular complexity index is 689. The lowest BCUT2D eigenvalue weighted by Gasteiger charge is -2.29. The molecule has 2 aromatic heterocycles. The van der Waals surface area contributed by atoms with E-state index < -0.39 is 0 Å². The maximum atomic E-state index is 12.1. The van der Waals surface area contributed by atoms with Gasteiger partial charge in [-0.15, -0.1) is 0 Å². The lowest BCUT2D eigenvalue weighted by atomic mass is 9.76. The van der Waals surface area contributed by atoms with Crippen LogP contribution in [-0.2, 0) is 6.42 Å². The number of ketones is 1. The number of rotatable bonds is 1. The molecule has 2 heterocycles. The first-order valence-electron chi connectivity index (χ1n) is 6.26. The third kappa shape index (κ3) is 2.01. The fraction of sp³-hybridized carbons (Fsp3) is 0.357. The van der Waals surface area contributed by atoms with Crippen LogP contribution < -0.4 is 5.56 Å². The standard InChI is InChI=1S/C14H15N3O2/c1-14(2)7-10-9(11(18)8-14)5-6-17(10)12-3-4-13(19)16-15-12/h3-6H,7-8H2,1-2H3,(H,16,19). The van der Waals surface area contributed by atoms with Gasteiger partial charge < -0.3 is 4.57 Å². The predicted molar refractivity (Wildman–Crippen MR) is 70.6 cm³/mol. The molecular weight excluding hydrogens is 242 g/mol. The molecule has 1 aliphatic rings. The number of fused-ring (bicyclic) bond motifs is 1. The van der Waals surface area contributed by atoms with Crippen LogP contribution in [0.4, 0.5) is 0 Å². The van der Waals surface area contributed by atoms with Crippen molar-refractivity contribution in [1.29, 1.82) is 0 Å². The highest BCUT2D eigenvalue weighted by Gasteiger charge is 2.33. The van der Waals surface area contributed by atoms with E-state index in [2.05, 4.69) is 24.0 Å². The van der Waals surface area contributed by atoms with Crippen LogP contribution in [-0.4, -0.2) is 20.5 Å². The number of nitrogens with zero attached hydrogens (tertiary/aromatic N) is 2. The summed E-state index contributed by atoms with van der Waals surface area (Å²) >= 11 is 0. The topological polar surface area (TPSA) is 67.8 Å². The lowest BCUT2D eigenvalue weighted by molar-refractivity contribution is 0.0911. The highest BCUT2D eigenvalue weighted by atomic mass is 16.1. The minimum absolute atomic E-state index is 0.0393. The molecular formula is C14H15N3O2. The quantitative estimate of drug-likeness (QED) is 0.845. The smallest absolute Gasteiger partial charge is 0.264 e. The van der Waals surface area contributed by atoms with Gasteiger partial charge in [0.25, 0.3) is 5.56 Å². The Balaban J connectivity index is 2.13. The molecule has 19 heavy (non-hydrogen) atoms. The van der Waals surface area contributed by atoms with Gasteiger partial charge in [0.05, 0.1) is 0 Å². The van der Waals surface area contributed by atoms with Crippen molar-refractivity contribution in [2.75, 3.05) is 0 Å². The number of carbonyl (C=O) groups excluding carboxylic acids is 1. The van der Waals surface area contributed by atoms with Gasteiger partial charge >= 0.3 is 0 Å². The number of Topliss-reactive ketones (excluding diaryl/α,β-unsaturated/α-hetero) is 1. The van der Waals surface area contributed by atoms with Gasteiger partial charge in [-0.2, -0.15) is 5.10 Å². The Labute approximate surface area is 110 Å². The van der Waals surface area contributed by atoms with Gasteiger partial charge in [0, 0.05) is 29.9 Å². The van der Waals surface area contributed by atoms with Gasteiger partial charge in [-0.1, -0.05) is 13.8 Å². The normalized spacial score (nSPS) is 17.3. The Morgan fingerprint density at radius 2 is 2.00 bits per heavy atom. The fourth-order valence-electron chi connectivity index (χ4n) is 2.63. The van der Waals surface area contributed by atoms with Crippen LogP contribution in [0.5, 0.6) is 0 Å². The Hall–Kier alpha value is -2.17. The zero-order chi connectivity index (χ0) is 13.6. The van der Waals surface area contributed by atoms with E-state index in [9.17, 15) is 9.59 Å². The van der Waals surface area contributed by atoms with Crippen LogP contribution in [0.2, 0.25) is 0 Å². The zero-order valence-corrected chi connectivity index (χ0v) is 10.9. The summed E-state index contributed by atoms with van der Waals surface area (Å²) in [6.07, 6.45) is 3.23. The first kappa shape index (κ1) is 11.9. The molecule has 5 nitrogen and oxygen atoms in total. The number of carbonyl (C=O) groups is 1. The van der Waals surface area contributed by atoms with E-state index in [1.165, 1.54) is 6.07 Å². The van der Waals surface area contributed by atoms with Crippen LogP contribution in [0.25, 0.3) is 5.82 Å². The van der Waals surface area contributed by atoms with Crippen LogP contribution in [0, 0.1) is 5.41 Å². The van der Waals surface area contributed by atoms with E-state index in [1.807, 2.05) is 16.8 Å². The molecule has 0 bridgehead atoms. The van der Waals surface area contributed by atoms with Crippen molar-refractivity contribution in [3.63, 3.8) is 0 Å². The van der Waals surface area contributed by atoms with Crippen LogP contribution >= 0.6 is 0 Å². The molecule has 0 radical (unpaired) electrons. The summed E-state index contributed by atoms with van der Waals surface area (Å²) in [4.78, 5) is 23.2. The Morgan fingerprint density at radius 3 is 2.68 bits per heavy atom. The van der Waals surface area contributed by atoms with E-state index in [-0.39, 0.29) is 16.8 Å². The Morgan fingerprint density at radius 1 is 1.21 bits per heavy atom. The van der Waals surface area contributed by atoms with Gasteiger partial charge in [-0.3, -0.25) is 9.59 Å². The molecule has 98 valence electrons. The largest absolute Gasteiger partial charge is 0.303 e. The van der Waals surface area contributed by atoms with Crippen LogP contribution in [0.1, 0.15) is 36.3 Å². The van der Waals surface area contributed by atoms with Crippen molar-refractivity contribution in [3.8, 4) is 5.82 Å².